The molecule has 1 amide bonds. The molecule has 0 bridgehead atoms. The van der Waals surface area contributed by atoms with Crippen LogP contribution in [0.25, 0.3) is 0 Å². The number of hydrogen-bond acceptors (Lipinski definition) is 6. The highest BCUT2D eigenvalue weighted by Crippen LogP contribution is 2.50. The lowest BCUT2D eigenvalue weighted by Gasteiger charge is -2.39. The quantitative estimate of drug-likeness (QED) is 0.491. The minimum absolute atomic E-state index is 0.104. The lowest BCUT2D eigenvalue weighted by atomic mass is 9.69. The number of aromatic nitrogens is 1. The maximum absolute atomic E-state index is 13.6. The molecule has 1 aliphatic heterocycles. The molecule has 174 valence electrons. The number of amides is 1. The standard InChI is InChI=1S/C26H31N3O2S2/c1-6-17-11-18(25(33-17)32-7-2)22-21(24(31)29-16-9-8-10-27-14-16)15(3)28-19-12-26(4,5)13-20(30)23(19)22/h8-11,14,22,28H,6-7,12-13H2,1-5H3,(H,29,31)/t22-/m1/s1. The first-order valence-corrected chi connectivity index (χ1v) is 13.2. The summed E-state index contributed by atoms with van der Waals surface area (Å²) in [7, 11) is 0. The Morgan fingerprint density at radius 3 is 2.79 bits per heavy atom. The first-order chi connectivity index (χ1) is 15.7. The molecule has 2 aromatic heterocycles. The van der Waals surface area contributed by atoms with E-state index < -0.39 is 0 Å². The lowest BCUT2D eigenvalue weighted by Crippen LogP contribution is -2.39. The number of allylic oxidation sites excluding steroid dienone is 3. The molecule has 0 spiro atoms. The minimum Gasteiger partial charge on any atom is -0.362 e. The van der Waals surface area contributed by atoms with Crippen LogP contribution in [-0.4, -0.2) is 22.4 Å². The van der Waals surface area contributed by atoms with Crippen molar-refractivity contribution in [3.8, 4) is 0 Å². The number of thiophene rings is 1. The van der Waals surface area contributed by atoms with Crippen LogP contribution in [0.1, 0.15) is 63.8 Å². The molecule has 0 fully saturated rings. The second kappa shape index (κ2) is 9.47. The lowest BCUT2D eigenvalue weighted by molar-refractivity contribution is -0.118. The molecule has 0 aromatic carbocycles. The van der Waals surface area contributed by atoms with Crippen LogP contribution in [0.3, 0.4) is 0 Å². The second-order valence-corrected chi connectivity index (χ2v) is 12.0. The molecular formula is C26H31N3O2S2. The van der Waals surface area contributed by atoms with Crippen LogP contribution in [0.5, 0.6) is 0 Å². The number of anilines is 1. The predicted molar refractivity (Wildman–Crippen MR) is 137 cm³/mol. The summed E-state index contributed by atoms with van der Waals surface area (Å²) in [6, 6.07) is 5.83. The van der Waals surface area contributed by atoms with E-state index >= 15 is 0 Å². The van der Waals surface area contributed by atoms with E-state index in [1.54, 1.807) is 41.6 Å². The summed E-state index contributed by atoms with van der Waals surface area (Å²) in [5.74, 6) is 0.509. The number of rotatable bonds is 6. The third-order valence-electron chi connectivity index (χ3n) is 6.11. The van der Waals surface area contributed by atoms with E-state index in [1.807, 2.05) is 13.0 Å². The molecule has 33 heavy (non-hydrogen) atoms. The fraction of sp³-hybridized carbons (Fsp3) is 0.423. The highest BCUT2D eigenvalue weighted by atomic mass is 32.2. The molecule has 1 atom stereocenters. The highest BCUT2D eigenvalue weighted by Gasteiger charge is 2.43. The summed E-state index contributed by atoms with van der Waals surface area (Å²) in [5, 5.41) is 6.46. The molecule has 2 aromatic rings. The molecule has 0 unspecified atom stereocenters. The third-order valence-corrected chi connectivity index (χ3v) is 8.59. The van der Waals surface area contributed by atoms with Crippen LogP contribution in [0.4, 0.5) is 5.69 Å². The van der Waals surface area contributed by atoms with E-state index in [1.165, 1.54) is 9.09 Å². The van der Waals surface area contributed by atoms with Gasteiger partial charge in [-0.3, -0.25) is 14.6 Å². The molecule has 7 heteroatoms. The van der Waals surface area contributed by atoms with Gasteiger partial charge in [-0.15, -0.1) is 23.1 Å². The number of ketones is 1. The molecule has 4 rings (SSSR count). The Kier molecular flexibility index (Phi) is 6.82. The molecule has 0 saturated carbocycles. The SMILES string of the molecule is CCSc1sc(CC)cc1[C@@H]1C(C(=O)Nc2cccnc2)=C(C)NC2=C1C(=O)CC(C)(C)C2. The van der Waals surface area contributed by atoms with Crippen molar-refractivity contribution in [2.45, 2.75) is 64.0 Å². The van der Waals surface area contributed by atoms with E-state index in [-0.39, 0.29) is 23.0 Å². The topological polar surface area (TPSA) is 71.1 Å². The summed E-state index contributed by atoms with van der Waals surface area (Å²) in [6.07, 6.45) is 5.52. The van der Waals surface area contributed by atoms with Crippen LogP contribution in [0.15, 0.2) is 57.3 Å². The fourth-order valence-electron chi connectivity index (χ4n) is 4.74. The second-order valence-electron chi connectivity index (χ2n) is 9.37. The average molecular weight is 482 g/mol. The average Bonchev–Trinajstić information content (AvgIpc) is 3.15. The summed E-state index contributed by atoms with van der Waals surface area (Å²) in [5.41, 5.74) is 4.77. The van der Waals surface area contributed by atoms with Gasteiger partial charge in [0.2, 0.25) is 0 Å². The Hall–Kier alpha value is -2.38. The molecule has 3 heterocycles. The third kappa shape index (κ3) is 4.80. The number of carbonyl (C=O) groups excluding carboxylic acids is 2. The first-order valence-electron chi connectivity index (χ1n) is 11.4. The number of hydrogen-bond donors (Lipinski definition) is 2. The van der Waals surface area contributed by atoms with Crippen molar-refractivity contribution in [1.82, 2.24) is 10.3 Å². The van der Waals surface area contributed by atoms with Crippen molar-refractivity contribution in [1.29, 1.82) is 0 Å². The van der Waals surface area contributed by atoms with E-state index in [0.29, 0.717) is 17.7 Å². The van der Waals surface area contributed by atoms with Crippen molar-refractivity contribution in [2.24, 2.45) is 5.41 Å². The van der Waals surface area contributed by atoms with Gasteiger partial charge in [0.15, 0.2) is 5.78 Å². The van der Waals surface area contributed by atoms with Gasteiger partial charge in [0.1, 0.15) is 0 Å². The summed E-state index contributed by atoms with van der Waals surface area (Å²) >= 11 is 3.57. The summed E-state index contributed by atoms with van der Waals surface area (Å²) in [4.78, 5) is 32.6. The Bertz CT molecular complexity index is 1150. The number of carbonyl (C=O) groups is 2. The van der Waals surface area contributed by atoms with Crippen LogP contribution >= 0.6 is 23.1 Å². The van der Waals surface area contributed by atoms with Crippen LogP contribution in [-0.2, 0) is 16.0 Å². The Morgan fingerprint density at radius 2 is 2.12 bits per heavy atom. The molecule has 2 N–H and O–H groups in total. The number of nitrogens with zero attached hydrogens (tertiary/aromatic N) is 1. The van der Waals surface area contributed by atoms with Crippen molar-refractivity contribution >= 4 is 40.5 Å². The molecular weight excluding hydrogens is 450 g/mol. The van der Waals surface area contributed by atoms with Gasteiger partial charge < -0.3 is 10.6 Å². The normalized spacial score (nSPS) is 19.9. The maximum Gasteiger partial charge on any atom is 0.254 e. The monoisotopic (exact) mass is 481 g/mol. The number of pyridine rings is 1. The zero-order chi connectivity index (χ0) is 23.8. The largest absolute Gasteiger partial charge is 0.362 e. The van der Waals surface area contributed by atoms with Gasteiger partial charge in [-0.25, -0.2) is 0 Å². The number of Topliss-reactive ketones (excluding diaryl/α,β-unsaturated/α-hetero) is 1. The maximum atomic E-state index is 13.6. The molecule has 5 nitrogen and oxygen atoms in total. The van der Waals surface area contributed by atoms with Gasteiger partial charge in [-0.1, -0.05) is 27.7 Å². The first kappa shape index (κ1) is 23.8. The summed E-state index contributed by atoms with van der Waals surface area (Å²) < 4.78 is 1.20. The Labute approximate surface area is 204 Å². The van der Waals surface area contributed by atoms with E-state index in [2.05, 4.69) is 49.4 Å². The predicted octanol–water partition coefficient (Wildman–Crippen LogP) is 6.06. The molecule has 2 aliphatic rings. The van der Waals surface area contributed by atoms with E-state index in [4.69, 9.17) is 0 Å². The molecule has 1 aliphatic carbocycles. The van der Waals surface area contributed by atoms with E-state index in [0.717, 1.165) is 41.1 Å². The zero-order valence-corrected chi connectivity index (χ0v) is 21.5. The van der Waals surface area contributed by atoms with Gasteiger partial charge in [0.05, 0.1) is 16.1 Å². The van der Waals surface area contributed by atoms with Gasteiger partial charge >= 0.3 is 0 Å². The minimum atomic E-state index is -0.368. The van der Waals surface area contributed by atoms with Gasteiger partial charge in [0.25, 0.3) is 5.91 Å². The van der Waals surface area contributed by atoms with Crippen molar-refractivity contribution in [3.05, 3.63) is 63.6 Å². The Morgan fingerprint density at radius 1 is 1.33 bits per heavy atom. The van der Waals surface area contributed by atoms with Gasteiger partial charge in [-0.05, 0) is 54.7 Å². The van der Waals surface area contributed by atoms with Gasteiger partial charge in [-0.2, -0.15) is 0 Å². The van der Waals surface area contributed by atoms with Gasteiger partial charge in [0, 0.05) is 46.0 Å². The number of dihydropyridines is 1. The molecule has 0 radical (unpaired) electrons. The smallest absolute Gasteiger partial charge is 0.254 e. The number of aryl methyl sites for hydroxylation is 1. The number of thioether (sulfide) groups is 1. The Balaban J connectivity index is 1.86. The van der Waals surface area contributed by atoms with Crippen molar-refractivity contribution in [2.75, 3.05) is 11.1 Å². The zero-order valence-electron chi connectivity index (χ0n) is 19.9. The van der Waals surface area contributed by atoms with Crippen LogP contribution in [0, 0.1) is 5.41 Å². The fourth-order valence-corrected chi connectivity index (χ4v) is 7.12. The van der Waals surface area contributed by atoms with Crippen LogP contribution < -0.4 is 10.6 Å². The highest BCUT2D eigenvalue weighted by molar-refractivity contribution is 8.01. The van der Waals surface area contributed by atoms with Crippen LogP contribution in [0.2, 0.25) is 0 Å². The summed E-state index contributed by atoms with van der Waals surface area (Å²) in [6.45, 7) is 10.5. The molecule has 0 saturated heterocycles. The van der Waals surface area contributed by atoms with Crippen molar-refractivity contribution < 1.29 is 9.59 Å². The van der Waals surface area contributed by atoms with E-state index in [9.17, 15) is 9.59 Å². The number of nitrogens with one attached hydrogen (secondary N) is 2. The van der Waals surface area contributed by atoms with Crippen molar-refractivity contribution in [3.63, 3.8) is 0 Å².